The summed E-state index contributed by atoms with van der Waals surface area (Å²) in [5, 5.41) is 75.0. The molecule has 0 aromatic rings. The van der Waals surface area contributed by atoms with Gasteiger partial charge in [-0.15, -0.1) is 0 Å². The van der Waals surface area contributed by atoms with Crippen molar-refractivity contribution in [3.05, 3.63) is 0 Å². The highest BCUT2D eigenvalue weighted by Crippen LogP contribution is 2.30. The fourth-order valence-electron chi connectivity index (χ4n) is 2.28. The summed E-state index contributed by atoms with van der Waals surface area (Å²) in [5.41, 5.74) is -1.87. The van der Waals surface area contributed by atoms with Gasteiger partial charge < -0.3 is 40.9 Å². The lowest BCUT2D eigenvalue weighted by atomic mass is 9.79. The van der Waals surface area contributed by atoms with E-state index in [1.165, 1.54) is 0 Å². The molecular weight excluding hydrogens is 332 g/mol. The Labute approximate surface area is 137 Å². The predicted molar refractivity (Wildman–Crippen MR) is 74.2 cm³/mol. The van der Waals surface area contributed by atoms with Crippen molar-refractivity contribution < 1.29 is 55.4 Å². The standard InChI is InChI=1S/C13H24O11/c14-3-6(16)9(18)10(19)7(17)4-23-24-8-1-2-13(22,5-15)12(21)11(8)20/h6,8-12,14-16,18-22H,1-5H2. The van der Waals surface area contributed by atoms with Gasteiger partial charge in [-0.05, 0) is 12.8 Å². The van der Waals surface area contributed by atoms with E-state index < -0.39 is 67.8 Å². The lowest BCUT2D eigenvalue weighted by molar-refractivity contribution is -0.353. The number of carbonyl (C=O) groups is 1. The van der Waals surface area contributed by atoms with Gasteiger partial charge in [-0.3, -0.25) is 4.79 Å². The summed E-state index contributed by atoms with van der Waals surface area (Å²) >= 11 is 0. The monoisotopic (exact) mass is 356 g/mol. The molecule has 0 radical (unpaired) electrons. The fraction of sp³-hybridized carbons (Fsp3) is 0.923. The number of carbonyl (C=O) groups excluding carboxylic acids is 1. The molecule has 1 aliphatic carbocycles. The number of Topliss-reactive ketones (excluding diaryl/α,β-unsaturated/α-hetero) is 1. The molecule has 0 spiro atoms. The Balaban J connectivity index is 2.44. The van der Waals surface area contributed by atoms with Gasteiger partial charge in [-0.1, -0.05) is 0 Å². The lowest BCUT2D eigenvalue weighted by Crippen LogP contribution is -2.59. The first kappa shape index (κ1) is 21.3. The van der Waals surface area contributed by atoms with Crippen molar-refractivity contribution in [3.8, 4) is 0 Å². The van der Waals surface area contributed by atoms with E-state index in [1.807, 2.05) is 0 Å². The molecule has 0 amide bonds. The third-order valence-electron chi connectivity index (χ3n) is 4.02. The molecule has 1 saturated carbocycles. The molecular formula is C13H24O11. The van der Waals surface area contributed by atoms with Crippen LogP contribution in [0, 0.1) is 0 Å². The number of aliphatic hydroxyl groups excluding tert-OH is 7. The molecule has 0 heterocycles. The molecule has 7 unspecified atom stereocenters. The van der Waals surface area contributed by atoms with Gasteiger partial charge in [-0.2, -0.15) is 0 Å². The van der Waals surface area contributed by atoms with Crippen LogP contribution in [0.3, 0.4) is 0 Å². The first-order valence-electron chi connectivity index (χ1n) is 7.33. The van der Waals surface area contributed by atoms with Crippen LogP contribution in [0.1, 0.15) is 12.8 Å². The van der Waals surface area contributed by atoms with Crippen molar-refractivity contribution >= 4 is 5.78 Å². The van der Waals surface area contributed by atoms with Crippen LogP contribution in [0.2, 0.25) is 0 Å². The highest BCUT2D eigenvalue weighted by Gasteiger charge is 2.48. The summed E-state index contributed by atoms with van der Waals surface area (Å²) in [4.78, 5) is 20.9. The Morgan fingerprint density at radius 2 is 1.83 bits per heavy atom. The molecule has 7 atom stereocenters. The SMILES string of the molecule is O=C(COOC1CCC(O)(CO)C(O)C1O)C(O)C(O)C(O)CO. The molecule has 8 N–H and O–H groups in total. The molecule has 11 heteroatoms. The zero-order chi connectivity index (χ0) is 18.5. The van der Waals surface area contributed by atoms with Crippen molar-refractivity contribution in [2.45, 2.75) is 55.1 Å². The average molecular weight is 356 g/mol. The quantitative estimate of drug-likeness (QED) is 0.146. The molecule has 24 heavy (non-hydrogen) atoms. The summed E-state index contributed by atoms with van der Waals surface area (Å²) in [7, 11) is 0. The van der Waals surface area contributed by atoms with Gasteiger partial charge in [0.15, 0.2) is 5.78 Å². The average Bonchev–Trinajstić information content (AvgIpc) is 2.59. The molecule has 1 rings (SSSR count). The van der Waals surface area contributed by atoms with Crippen LogP contribution in [-0.2, 0) is 14.6 Å². The molecule has 0 aromatic heterocycles. The van der Waals surface area contributed by atoms with Crippen LogP contribution in [-0.4, -0.2) is 109 Å². The van der Waals surface area contributed by atoms with E-state index in [0.29, 0.717) is 0 Å². The van der Waals surface area contributed by atoms with E-state index in [4.69, 9.17) is 20.2 Å². The summed E-state index contributed by atoms with van der Waals surface area (Å²) in [5.74, 6) is -1.05. The molecule has 0 aromatic carbocycles. The summed E-state index contributed by atoms with van der Waals surface area (Å²) in [6.07, 6.45) is -10.1. The normalized spacial score (nSPS) is 34.6. The van der Waals surface area contributed by atoms with Gasteiger partial charge in [0.1, 0.15) is 48.8 Å². The maximum atomic E-state index is 11.5. The van der Waals surface area contributed by atoms with Gasteiger partial charge in [0, 0.05) is 0 Å². The Morgan fingerprint density at radius 1 is 1.21 bits per heavy atom. The van der Waals surface area contributed by atoms with Gasteiger partial charge >= 0.3 is 0 Å². The Bertz CT molecular complexity index is 405. The van der Waals surface area contributed by atoms with Crippen molar-refractivity contribution in [2.75, 3.05) is 19.8 Å². The third kappa shape index (κ3) is 4.89. The van der Waals surface area contributed by atoms with Crippen molar-refractivity contribution in [2.24, 2.45) is 0 Å². The number of hydrogen-bond donors (Lipinski definition) is 8. The van der Waals surface area contributed by atoms with Crippen LogP contribution < -0.4 is 0 Å². The van der Waals surface area contributed by atoms with Crippen LogP contribution in [0.25, 0.3) is 0 Å². The Morgan fingerprint density at radius 3 is 2.38 bits per heavy atom. The predicted octanol–water partition coefficient (Wildman–Crippen LogP) is -4.81. The molecule has 142 valence electrons. The van der Waals surface area contributed by atoms with Crippen LogP contribution in [0.5, 0.6) is 0 Å². The van der Waals surface area contributed by atoms with E-state index in [-0.39, 0.29) is 12.8 Å². The van der Waals surface area contributed by atoms with Gasteiger partial charge in [-0.25, -0.2) is 9.78 Å². The van der Waals surface area contributed by atoms with Crippen molar-refractivity contribution in [1.29, 1.82) is 0 Å². The number of hydrogen-bond acceptors (Lipinski definition) is 11. The molecule has 11 nitrogen and oxygen atoms in total. The van der Waals surface area contributed by atoms with Gasteiger partial charge in [0.05, 0.1) is 13.2 Å². The summed E-state index contributed by atoms with van der Waals surface area (Å²) < 4.78 is 0. The largest absolute Gasteiger partial charge is 0.394 e. The number of rotatable bonds is 9. The fourth-order valence-corrected chi connectivity index (χ4v) is 2.28. The third-order valence-corrected chi connectivity index (χ3v) is 4.02. The Hall–Kier alpha value is -0.730. The van der Waals surface area contributed by atoms with Gasteiger partial charge in [0.25, 0.3) is 0 Å². The minimum atomic E-state index is -2.02. The second-order valence-electron chi connectivity index (χ2n) is 5.78. The van der Waals surface area contributed by atoms with E-state index in [2.05, 4.69) is 4.89 Å². The second kappa shape index (κ2) is 9.10. The Kier molecular flexibility index (Phi) is 8.08. The highest BCUT2D eigenvalue weighted by atomic mass is 17.2. The highest BCUT2D eigenvalue weighted by molar-refractivity contribution is 5.84. The maximum absolute atomic E-state index is 11.5. The second-order valence-corrected chi connectivity index (χ2v) is 5.78. The van der Waals surface area contributed by atoms with Crippen molar-refractivity contribution in [1.82, 2.24) is 0 Å². The van der Waals surface area contributed by atoms with E-state index in [0.717, 1.165) is 0 Å². The van der Waals surface area contributed by atoms with Crippen LogP contribution in [0.4, 0.5) is 0 Å². The minimum Gasteiger partial charge on any atom is -0.394 e. The minimum absolute atomic E-state index is 0.0118. The summed E-state index contributed by atoms with van der Waals surface area (Å²) in [6, 6.07) is 0. The lowest BCUT2D eigenvalue weighted by Gasteiger charge is -2.41. The molecule has 0 aliphatic heterocycles. The molecule has 1 aliphatic rings. The maximum Gasteiger partial charge on any atom is 0.192 e. The van der Waals surface area contributed by atoms with Crippen LogP contribution >= 0.6 is 0 Å². The first-order valence-corrected chi connectivity index (χ1v) is 7.33. The topological polar surface area (TPSA) is 197 Å². The molecule has 0 saturated heterocycles. The molecule has 0 bridgehead atoms. The summed E-state index contributed by atoms with van der Waals surface area (Å²) in [6.45, 7) is -2.45. The zero-order valence-corrected chi connectivity index (χ0v) is 12.8. The van der Waals surface area contributed by atoms with E-state index in [1.54, 1.807) is 0 Å². The smallest absolute Gasteiger partial charge is 0.192 e. The molecule has 1 fully saturated rings. The van der Waals surface area contributed by atoms with Gasteiger partial charge in [0.2, 0.25) is 0 Å². The number of aliphatic hydroxyl groups is 8. The number of ketones is 1. The van der Waals surface area contributed by atoms with E-state index in [9.17, 15) is 30.3 Å². The van der Waals surface area contributed by atoms with Crippen molar-refractivity contribution in [3.63, 3.8) is 0 Å². The van der Waals surface area contributed by atoms with Crippen LogP contribution in [0.15, 0.2) is 0 Å². The zero-order valence-electron chi connectivity index (χ0n) is 12.8. The van der Waals surface area contributed by atoms with E-state index >= 15 is 0 Å². The first-order chi connectivity index (χ1) is 11.2.